The number of carbonyl (C=O) groups is 1. The molecule has 1 amide bonds. The van der Waals surface area contributed by atoms with Gasteiger partial charge in [0.2, 0.25) is 0 Å². The van der Waals surface area contributed by atoms with E-state index in [9.17, 15) is 13.6 Å². The first-order valence-corrected chi connectivity index (χ1v) is 5.86. The predicted molar refractivity (Wildman–Crippen MR) is 67.4 cm³/mol. The summed E-state index contributed by atoms with van der Waals surface area (Å²) in [4.78, 5) is 13.3. The van der Waals surface area contributed by atoms with E-state index in [4.69, 9.17) is 10.5 Å². The largest absolute Gasteiger partial charge is 0.370 e. The number of nitrogens with two attached hydrogens (primary N) is 1. The van der Waals surface area contributed by atoms with Crippen LogP contribution in [-0.4, -0.2) is 37.6 Å². The Morgan fingerprint density at radius 1 is 1.47 bits per heavy atom. The molecule has 2 atom stereocenters. The fourth-order valence-electron chi connectivity index (χ4n) is 1.76. The lowest BCUT2D eigenvalue weighted by Crippen LogP contribution is -2.42. The maximum Gasteiger partial charge on any atom is 0.253 e. The van der Waals surface area contributed by atoms with Crippen LogP contribution in [0.5, 0.6) is 0 Å². The van der Waals surface area contributed by atoms with Crippen LogP contribution in [0.3, 0.4) is 0 Å². The lowest BCUT2D eigenvalue weighted by Gasteiger charge is -2.28. The van der Waals surface area contributed by atoms with Gasteiger partial charge in [0.1, 0.15) is 17.7 Å². The zero-order valence-electron chi connectivity index (χ0n) is 11.2. The van der Waals surface area contributed by atoms with Crippen molar-refractivity contribution in [2.45, 2.75) is 19.1 Å². The molecule has 0 aliphatic rings. The Kier molecular flexibility index (Phi) is 5.38. The number of halogens is 2. The molecule has 0 saturated heterocycles. The van der Waals surface area contributed by atoms with Crippen molar-refractivity contribution in [3.63, 3.8) is 0 Å². The van der Waals surface area contributed by atoms with Crippen molar-refractivity contribution in [1.29, 1.82) is 0 Å². The minimum atomic E-state index is -0.788. The Labute approximate surface area is 111 Å². The van der Waals surface area contributed by atoms with Gasteiger partial charge in [0.15, 0.2) is 0 Å². The van der Waals surface area contributed by atoms with Crippen LogP contribution in [0, 0.1) is 11.6 Å². The van der Waals surface area contributed by atoms with Crippen molar-refractivity contribution in [2.24, 2.45) is 5.73 Å². The standard InChI is InChI=1S/C13H18F2N2O2/c1-8(10-6-9(14)4-5-11(10)15)17(2)13(18)12(7-16)19-3/h4-6,8,12H,7,16H2,1-3H3. The number of rotatable bonds is 5. The molecule has 0 bridgehead atoms. The van der Waals surface area contributed by atoms with Crippen LogP contribution in [0.4, 0.5) is 8.78 Å². The van der Waals surface area contributed by atoms with Crippen molar-refractivity contribution in [2.75, 3.05) is 20.7 Å². The molecule has 2 N–H and O–H groups in total. The van der Waals surface area contributed by atoms with Gasteiger partial charge in [0.25, 0.3) is 5.91 Å². The Hall–Kier alpha value is -1.53. The van der Waals surface area contributed by atoms with Crippen LogP contribution in [0.2, 0.25) is 0 Å². The summed E-state index contributed by atoms with van der Waals surface area (Å²) in [6.45, 7) is 1.64. The molecular weight excluding hydrogens is 254 g/mol. The molecule has 1 rings (SSSR count). The second-order valence-electron chi connectivity index (χ2n) is 4.25. The number of nitrogens with zero attached hydrogens (tertiary/aromatic N) is 1. The van der Waals surface area contributed by atoms with Crippen molar-refractivity contribution in [3.8, 4) is 0 Å². The fraction of sp³-hybridized carbons (Fsp3) is 0.462. The first kappa shape index (κ1) is 15.5. The summed E-state index contributed by atoms with van der Waals surface area (Å²) in [7, 11) is 2.87. The second-order valence-corrected chi connectivity index (χ2v) is 4.25. The van der Waals surface area contributed by atoms with Crippen LogP contribution in [0.15, 0.2) is 18.2 Å². The summed E-state index contributed by atoms with van der Waals surface area (Å²) in [5.41, 5.74) is 5.52. The van der Waals surface area contributed by atoms with Crippen LogP contribution in [0.25, 0.3) is 0 Å². The third kappa shape index (κ3) is 3.48. The number of likely N-dealkylation sites (N-methyl/N-ethyl adjacent to an activating group) is 1. The maximum absolute atomic E-state index is 13.6. The van der Waals surface area contributed by atoms with Crippen molar-refractivity contribution < 1.29 is 18.3 Å². The van der Waals surface area contributed by atoms with E-state index in [1.807, 2.05) is 0 Å². The molecule has 0 aliphatic heterocycles. The average Bonchev–Trinajstić information content (AvgIpc) is 2.41. The first-order chi connectivity index (χ1) is 8.92. The third-order valence-electron chi connectivity index (χ3n) is 3.11. The third-order valence-corrected chi connectivity index (χ3v) is 3.11. The van der Waals surface area contributed by atoms with Crippen LogP contribution >= 0.6 is 0 Å². The summed E-state index contributed by atoms with van der Waals surface area (Å²) in [6.07, 6.45) is -0.788. The van der Waals surface area contributed by atoms with Gasteiger partial charge in [0, 0.05) is 26.3 Å². The van der Waals surface area contributed by atoms with Gasteiger partial charge in [0.05, 0.1) is 6.04 Å². The molecule has 1 aromatic carbocycles. The molecule has 0 heterocycles. The molecule has 1 aromatic rings. The van der Waals surface area contributed by atoms with E-state index < -0.39 is 23.8 Å². The molecule has 0 fully saturated rings. The molecule has 4 nitrogen and oxygen atoms in total. The summed E-state index contributed by atoms with van der Waals surface area (Å²) in [5.74, 6) is -1.48. The summed E-state index contributed by atoms with van der Waals surface area (Å²) in [6, 6.07) is 2.53. The molecule has 0 spiro atoms. The molecule has 2 unspecified atom stereocenters. The fourth-order valence-corrected chi connectivity index (χ4v) is 1.76. The minimum Gasteiger partial charge on any atom is -0.370 e. The lowest BCUT2D eigenvalue weighted by molar-refractivity contribution is -0.142. The van der Waals surface area contributed by atoms with E-state index in [0.29, 0.717) is 0 Å². The summed E-state index contributed by atoms with van der Waals surface area (Å²) in [5, 5.41) is 0. The van der Waals surface area contributed by atoms with Crippen LogP contribution in [-0.2, 0) is 9.53 Å². The Bertz CT molecular complexity index is 450. The van der Waals surface area contributed by atoms with E-state index in [2.05, 4.69) is 0 Å². The normalized spacial score (nSPS) is 14.0. The first-order valence-electron chi connectivity index (χ1n) is 5.86. The van der Waals surface area contributed by atoms with E-state index in [-0.39, 0.29) is 18.0 Å². The summed E-state index contributed by atoms with van der Waals surface area (Å²) < 4.78 is 31.7. The monoisotopic (exact) mass is 272 g/mol. The highest BCUT2D eigenvalue weighted by molar-refractivity contribution is 5.81. The molecule has 0 radical (unpaired) electrons. The molecular formula is C13H18F2N2O2. The summed E-state index contributed by atoms with van der Waals surface area (Å²) >= 11 is 0. The molecule has 0 aromatic heterocycles. The van der Waals surface area contributed by atoms with Gasteiger partial charge >= 0.3 is 0 Å². The highest BCUT2D eigenvalue weighted by atomic mass is 19.1. The lowest BCUT2D eigenvalue weighted by atomic mass is 10.1. The van der Waals surface area contributed by atoms with E-state index >= 15 is 0 Å². The number of ether oxygens (including phenoxy) is 1. The van der Waals surface area contributed by atoms with E-state index in [1.54, 1.807) is 6.92 Å². The van der Waals surface area contributed by atoms with Gasteiger partial charge in [-0.1, -0.05) is 0 Å². The highest BCUT2D eigenvalue weighted by Crippen LogP contribution is 2.23. The quantitative estimate of drug-likeness (QED) is 0.883. The molecule has 6 heteroatoms. The number of methoxy groups -OCH3 is 1. The predicted octanol–water partition coefficient (Wildman–Crippen LogP) is 1.46. The van der Waals surface area contributed by atoms with Gasteiger partial charge in [-0.3, -0.25) is 4.79 Å². The van der Waals surface area contributed by atoms with Gasteiger partial charge in [-0.15, -0.1) is 0 Å². The van der Waals surface area contributed by atoms with Crippen LogP contribution in [0.1, 0.15) is 18.5 Å². The zero-order valence-corrected chi connectivity index (χ0v) is 11.2. The van der Waals surface area contributed by atoms with E-state index in [1.165, 1.54) is 19.1 Å². The zero-order chi connectivity index (χ0) is 14.6. The van der Waals surface area contributed by atoms with Gasteiger partial charge in [-0.2, -0.15) is 0 Å². The highest BCUT2D eigenvalue weighted by Gasteiger charge is 2.26. The van der Waals surface area contributed by atoms with Gasteiger partial charge < -0.3 is 15.4 Å². The number of amides is 1. The van der Waals surface area contributed by atoms with Crippen molar-refractivity contribution in [1.82, 2.24) is 4.90 Å². The van der Waals surface area contributed by atoms with Crippen LogP contribution < -0.4 is 5.73 Å². The van der Waals surface area contributed by atoms with Crippen molar-refractivity contribution in [3.05, 3.63) is 35.4 Å². The average molecular weight is 272 g/mol. The van der Waals surface area contributed by atoms with E-state index in [0.717, 1.165) is 18.2 Å². The van der Waals surface area contributed by atoms with Gasteiger partial charge in [-0.25, -0.2) is 8.78 Å². The number of benzene rings is 1. The Morgan fingerprint density at radius 2 is 2.11 bits per heavy atom. The molecule has 106 valence electrons. The second kappa shape index (κ2) is 6.58. The van der Waals surface area contributed by atoms with Crippen molar-refractivity contribution >= 4 is 5.91 Å². The maximum atomic E-state index is 13.6. The topological polar surface area (TPSA) is 55.6 Å². The SMILES string of the molecule is COC(CN)C(=O)N(C)C(C)c1cc(F)ccc1F. The molecule has 0 saturated carbocycles. The minimum absolute atomic E-state index is 0.0258. The van der Waals surface area contributed by atoms with Gasteiger partial charge in [-0.05, 0) is 25.1 Å². The molecule has 0 aliphatic carbocycles. The number of carbonyl (C=O) groups excluding carboxylic acids is 1. The molecule has 19 heavy (non-hydrogen) atoms. The Balaban J connectivity index is 2.95. The number of hydrogen-bond acceptors (Lipinski definition) is 3. The number of hydrogen-bond donors (Lipinski definition) is 1. The Morgan fingerprint density at radius 3 is 2.63 bits per heavy atom. The smallest absolute Gasteiger partial charge is 0.253 e.